The summed E-state index contributed by atoms with van der Waals surface area (Å²) in [7, 11) is 1.43. The maximum absolute atomic E-state index is 13.2. The van der Waals surface area contributed by atoms with E-state index in [1.54, 1.807) is 24.3 Å². The number of benzene rings is 2. The lowest BCUT2D eigenvalue weighted by atomic mass is 9.64. The molecule has 1 aliphatic heterocycles. The lowest BCUT2D eigenvalue weighted by molar-refractivity contribution is -0.124. The van der Waals surface area contributed by atoms with Gasteiger partial charge in [0.15, 0.2) is 0 Å². The van der Waals surface area contributed by atoms with Gasteiger partial charge in [-0.25, -0.2) is 4.39 Å². The molecule has 1 saturated carbocycles. The van der Waals surface area contributed by atoms with Crippen molar-refractivity contribution < 1.29 is 18.8 Å². The smallest absolute Gasteiger partial charge is 0.261 e. The summed E-state index contributed by atoms with van der Waals surface area (Å²) in [6.07, 6.45) is 2.30. The number of carbonyl (C=O) groups is 3. The van der Waals surface area contributed by atoms with Crippen molar-refractivity contribution in [1.29, 1.82) is 0 Å². The SMILES string of the molecule is CN1C(=O)c2ccc(NC(=O)C3(c4ccc(F)cc4)CCC3)cc2C1=O. The van der Waals surface area contributed by atoms with Crippen molar-refractivity contribution in [2.45, 2.75) is 24.7 Å². The number of nitrogens with one attached hydrogen (secondary N) is 1. The molecule has 4 rings (SSSR count). The summed E-state index contributed by atoms with van der Waals surface area (Å²) in [6.45, 7) is 0. The summed E-state index contributed by atoms with van der Waals surface area (Å²) in [4.78, 5) is 38.1. The number of amides is 3. The summed E-state index contributed by atoms with van der Waals surface area (Å²) in [5.74, 6) is -1.24. The summed E-state index contributed by atoms with van der Waals surface area (Å²) in [5, 5.41) is 2.86. The van der Waals surface area contributed by atoms with Crippen molar-refractivity contribution in [3.63, 3.8) is 0 Å². The van der Waals surface area contributed by atoms with Crippen LogP contribution in [-0.4, -0.2) is 29.7 Å². The zero-order chi connectivity index (χ0) is 18.5. The first-order valence-corrected chi connectivity index (χ1v) is 8.46. The van der Waals surface area contributed by atoms with Gasteiger partial charge in [-0.15, -0.1) is 0 Å². The fraction of sp³-hybridized carbons (Fsp3) is 0.250. The molecule has 0 radical (unpaired) electrons. The van der Waals surface area contributed by atoms with E-state index in [0.717, 1.165) is 16.9 Å². The van der Waals surface area contributed by atoms with Gasteiger partial charge >= 0.3 is 0 Å². The Morgan fingerprint density at radius 3 is 2.31 bits per heavy atom. The molecule has 0 aromatic heterocycles. The minimum atomic E-state index is -0.677. The molecule has 2 aromatic rings. The molecule has 132 valence electrons. The largest absolute Gasteiger partial charge is 0.325 e. The highest BCUT2D eigenvalue weighted by Crippen LogP contribution is 2.44. The highest BCUT2D eigenvalue weighted by molar-refractivity contribution is 6.21. The minimum absolute atomic E-state index is 0.180. The minimum Gasteiger partial charge on any atom is -0.325 e. The van der Waals surface area contributed by atoms with Crippen LogP contribution in [0.15, 0.2) is 42.5 Å². The van der Waals surface area contributed by atoms with Crippen LogP contribution in [0.5, 0.6) is 0 Å². The number of carbonyl (C=O) groups excluding carboxylic acids is 3. The summed E-state index contributed by atoms with van der Waals surface area (Å²) in [6, 6.07) is 10.7. The van der Waals surface area contributed by atoms with Crippen LogP contribution in [0.25, 0.3) is 0 Å². The van der Waals surface area contributed by atoms with Gasteiger partial charge in [-0.1, -0.05) is 18.6 Å². The predicted molar refractivity (Wildman–Crippen MR) is 93.4 cm³/mol. The van der Waals surface area contributed by atoms with E-state index in [-0.39, 0.29) is 23.5 Å². The fourth-order valence-corrected chi connectivity index (χ4v) is 3.64. The number of hydrogen-bond acceptors (Lipinski definition) is 3. The molecule has 6 heteroatoms. The second-order valence-corrected chi connectivity index (χ2v) is 6.83. The molecule has 1 fully saturated rings. The van der Waals surface area contributed by atoms with Crippen LogP contribution in [-0.2, 0) is 10.2 Å². The van der Waals surface area contributed by atoms with E-state index in [0.29, 0.717) is 29.7 Å². The first kappa shape index (κ1) is 16.4. The van der Waals surface area contributed by atoms with Gasteiger partial charge < -0.3 is 5.32 Å². The van der Waals surface area contributed by atoms with Gasteiger partial charge in [0.25, 0.3) is 11.8 Å². The van der Waals surface area contributed by atoms with Crippen molar-refractivity contribution in [2.75, 3.05) is 12.4 Å². The van der Waals surface area contributed by atoms with Crippen LogP contribution in [0, 0.1) is 5.82 Å². The Morgan fingerprint density at radius 1 is 1.04 bits per heavy atom. The average molecular weight is 352 g/mol. The second-order valence-electron chi connectivity index (χ2n) is 6.83. The van der Waals surface area contributed by atoms with Crippen molar-refractivity contribution in [3.8, 4) is 0 Å². The summed E-state index contributed by atoms with van der Waals surface area (Å²) < 4.78 is 13.2. The van der Waals surface area contributed by atoms with Crippen LogP contribution < -0.4 is 5.32 Å². The highest BCUT2D eigenvalue weighted by atomic mass is 19.1. The van der Waals surface area contributed by atoms with Gasteiger partial charge in [-0.05, 0) is 48.7 Å². The molecular weight excluding hydrogens is 335 g/mol. The molecule has 5 nitrogen and oxygen atoms in total. The summed E-state index contributed by atoms with van der Waals surface area (Å²) >= 11 is 0. The Bertz CT molecular complexity index is 933. The fourth-order valence-electron chi connectivity index (χ4n) is 3.64. The molecule has 2 aliphatic rings. The third-order valence-electron chi connectivity index (χ3n) is 5.39. The number of imide groups is 1. The monoisotopic (exact) mass is 352 g/mol. The molecule has 1 N–H and O–H groups in total. The average Bonchev–Trinajstić information content (AvgIpc) is 2.80. The molecule has 0 saturated heterocycles. The van der Waals surface area contributed by atoms with E-state index in [2.05, 4.69) is 5.32 Å². The van der Waals surface area contributed by atoms with Gasteiger partial charge in [0.05, 0.1) is 16.5 Å². The maximum Gasteiger partial charge on any atom is 0.261 e. The normalized spacial score (nSPS) is 17.7. The topological polar surface area (TPSA) is 66.5 Å². The highest BCUT2D eigenvalue weighted by Gasteiger charge is 2.45. The van der Waals surface area contributed by atoms with E-state index in [1.807, 2.05) is 0 Å². The zero-order valence-electron chi connectivity index (χ0n) is 14.2. The van der Waals surface area contributed by atoms with Gasteiger partial charge in [-0.3, -0.25) is 19.3 Å². The van der Waals surface area contributed by atoms with Crippen molar-refractivity contribution in [3.05, 3.63) is 65.0 Å². The molecule has 0 bridgehead atoms. The van der Waals surface area contributed by atoms with Gasteiger partial charge in [0.1, 0.15) is 5.82 Å². The Labute approximate surface area is 149 Å². The quantitative estimate of drug-likeness (QED) is 0.863. The Kier molecular flexibility index (Phi) is 3.64. The number of nitrogens with zero attached hydrogens (tertiary/aromatic N) is 1. The maximum atomic E-state index is 13.2. The van der Waals surface area contributed by atoms with Gasteiger partial charge in [0.2, 0.25) is 5.91 Å². The molecule has 2 aromatic carbocycles. The van der Waals surface area contributed by atoms with E-state index in [4.69, 9.17) is 0 Å². The Morgan fingerprint density at radius 2 is 1.69 bits per heavy atom. The number of hydrogen-bond donors (Lipinski definition) is 1. The lowest BCUT2D eigenvalue weighted by Crippen LogP contribution is -2.46. The number of anilines is 1. The third kappa shape index (κ3) is 2.33. The molecule has 0 spiro atoms. The standard InChI is InChI=1S/C20H17FN2O3/c1-23-17(24)15-8-7-14(11-16(15)18(23)25)22-19(26)20(9-2-10-20)12-3-5-13(21)6-4-12/h3-8,11H,2,9-10H2,1H3,(H,22,26). The third-order valence-corrected chi connectivity index (χ3v) is 5.39. The van der Waals surface area contributed by atoms with Crippen molar-refractivity contribution in [1.82, 2.24) is 4.90 Å². The van der Waals surface area contributed by atoms with Crippen molar-refractivity contribution in [2.24, 2.45) is 0 Å². The molecular formula is C20H17FN2O3. The van der Waals surface area contributed by atoms with E-state index in [9.17, 15) is 18.8 Å². The Balaban J connectivity index is 1.61. The summed E-state index contributed by atoms with van der Waals surface area (Å²) in [5.41, 5.74) is 1.21. The van der Waals surface area contributed by atoms with E-state index >= 15 is 0 Å². The van der Waals surface area contributed by atoms with Crippen LogP contribution in [0.2, 0.25) is 0 Å². The molecule has 26 heavy (non-hydrogen) atoms. The van der Waals surface area contributed by atoms with Crippen molar-refractivity contribution >= 4 is 23.4 Å². The van der Waals surface area contributed by atoms with Crippen LogP contribution in [0.4, 0.5) is 10.1 Å². The molecule has 0 unspecified atom stereocenters. The second kappa shape index (κ2) is 5.76. The predicted octanol–water partition coefficient (Wildman–Crippen LogP) is 3.11. The van der Waals surface area contributed by atoms with Crippen LogP contribution in [0.3, 0.4) is 0 Å². The molecule has 0 atom stereocenters. The molecule has 1 heterocycles. The van der Waals surface area contributed by atoms with Crippen LogP contribution in [0.1, 0.15) is 45.5 Å². The molecule has 3 amide bonds. The zero-order valence-corrected chi connectivity index (χ0v) is 14.2. The lowest BCUT2D eigenvalue weighted by Gasteiger charge is -2.40. The van der Waals surface area contributed by atoms with Gasteiger partial charge in [0, 0.05) is 12.7 Å². The first-order valence-electron chi connectivity index (χ1n) is 8.46. The van der Waals surface area contributed by atoms with E-state index < -0.39 is 5.41 Å². The molecule has 1 aliphatic carbocycles. The first-order chi connectivity index (χ1) is 12.4. The van der Waals surface area contributed by atoms with Gasteiger partial charge in [-0.2, -0.15) is 0 Å². The Hall–Kier alpha value is -3.02. The number of rotatable bonds is 3. The van der Waals surface area contributed by atoms with Crippen LogP contribution >= 0.6 is 0 Å². The number of halogens is 1. The number of fused-ring (bicyclic) bond motifs is 1. The van der Waals surface area contributed by atoms with E-state index in [1.165, 1.54) is 25.2 Å².